The fourth-order valence-corrected chi connectivity index (χ4v) is 2.87. The van der Waals surface area contributed by atoms with Crippen LogP contribution in [0.4, 0.5) is 0 Å². The summed E-state index contributed by atoms with van der Waals surface area (Å²) in [7, 11) is 0. The molecule has 0 saturated heterocycles. The van der Waals surface area contributed by atoms with E-state index < -0.39 is 0 Å². The lowest BCUT2D eigenvalue weighted by atomic mass is 9.75. The second-order valence-electron chi connectivity index (χ2n) is 5.22. The van der Waals surface area contributed by atoms with E-state index in [-0.39, 0.29) is 12.0 Å². The van der Waals surface area contributed by atoms with Gasteiger partial charge in [0.05, 0.1) is 0 Å². The molecular weight excluding hydrogens is 196 g/mol. The molecule has 88 valence electrons. The van der Waals surface area contributed by atoms with E-state index in [1.54, 1.807) is 0 Å². The minimum Gasteiger partial charge on any atom is -0.324 e. The van der Waals surface area contributed by atoms with Crippen LogP contribution in [-0.4, -0.2) is 11.8 Å². The van der Waals surface area contributed by atoms with Gasteiger partial charge in [0.1, 0.15) is 0 Å². The largest absolute Gasteiger partial charge is 0.324 e. The third kappa shape index (κ3) is 2.43. The zero-order chi connectivity index (χ0) is 11.5. The molecule has 0 aliphatic heterocycles. The van der Waals surface area contributed by atoms with Crippen molar-refractivity contribution in [2.45, 2.75) is 38.6 Å². The van der Waals surface area contributed by atoms with E-state index in [1.807, 2.05) is 0 Å². The summed E-state index contributed by atoms with van der Waals surface area (Å²) in [6.45, 7) is 2.23. The second-order valence-corrected chi connectivity index (χ2v) is 5.22. The Hall–Kier alpha value is -0.890. The van der Waals surface area contributed by atoms with Gasteiger partial charge in [-0.15, -0.1) is 0 Å². The average Bonchev–Trinajstić information content (AvgIpc) is 2.29. The Morgan fingerprint density at radius 2 is 2.12 bits per heavy atom. The summed E-state index contributed by atoms with van der Waals surface area (Å²) in [6, 6.07) is 0.0717. The first-order valence-electron chi connectivity index (χ1n) is 6.35. The summed E-state index contributed by atoms with van der Waals surface area (Å²) in [5.41, 5.74) is 6.97. The highest BCUT2D eigenvalue weighted by Crippen LogP contribution is 2.30. The molecule has 4 unspecified atom stereocenters. The van der Waals surface area contributed by atoms with Crippen LogP contribution in [0.1, 0.15) is 32.6 Å². The predicted molar refractivity (Wildman–Crippen MR) is 68.6 cm³/mol. The molecule has 0 fully saturated rings. The molecule has 0 radical (unpaired) electrons. The van der Waals surface area contributed by atoms with Crippen molar-refractivity contribution in [3.05, 3.63) is 24.3 Å². The molecule has 0 aromatic rings. The summed E-state index contributed by atoms with van der Waals surface area (Å²) in [5.74, 6) is 1.34. The zero-order valence-electron chi connectivity index (χ0n) is 10.0. The van der Waals surface area contributed by atoms with Gasteiger partial charge in [-0.3, -0.25) is 0 Å². The lowest BCUT2D eigenvalue weighted by Gasteiger charge is -2.31. The van der Waals surface area contributed by atoms with Crippen molar-refractivity contribution < 1.29 is 0 Å². The van der Waals surface area contributed by atoms with Gasteiger partial charge in [0.2, 0.25) is 0 Å². The fraction of sp³-hybridized carbons (Fsp3) is 0.643. The maximum atomic E-state index is 8.35. The average molecular weight is 218 g/mol. The highest BCUT2D eigenvalue weighted by molar-refractivity contribution is 5.87. The number of rotatable bonds is 2. The SMILES string of the molecule is CC1C=CCC(C(=N)C2CCC=CC2N)C1. The Morgan fingerprint density at radius 1 is 1.31 bits per heavy atom. The summed E-state index contributed by atoms with van der Waals surface area (Å²) >= 11 is 0. The maximum Gasteiger partial charge on any atom is 0.0305 e. The first-order chi connectivity index (χ1) is 7.68. The molecule has 2 heteroatoms. The Balaban J connectivity index is 2.02. The summed E-state index contributed by atoms with van der Waals surface area (Å²) in [5, 5.41) is 8.35. The Bertz CT molecular complexity index is 317. The van der Waals surface area contributed by atoms with E-state index in [0.29, 0.717) is 11.8 Å². The minimum atomic E-state index is 0.0717. The Labute approximate surface area is 98.1 Å². The minimum absolute atomic E-state index is 0.0717. The molecule has 0 saturated carbocycles. The van der Waals surface area contributed by atoms with E-state index >= 15 is 0 Å². The van der Waals surface area contributed by atoms with Crippen molar-refractivity contribution in [3.63, 3.8) is 0 Å². The van der Waals surface area contributed by atoms with Crippen LogP contribution in [0.2, 0.25) is 0 Å². The predicted octanol–water partition coefficient (Wildman–Crippen LogP) is 2.90. The van der Waals surface area contributed by atoms with E-state index in [1.165, 1.54) is 0 Å². The monoisotopic (exact) mass is 218 g/mol. The van der Waals surface area contributed by atoms with E-state index in [9.17, 15) is 0 Å². The molecule has 0 aromatic heterocycles. The molecule has 0 heterocycles. The number of hydrogen-bond acceptors (Lipinski definition) is 2. The van der Waals surface area contributed by atoms with Crippen LogP contribution in [0.5, 0.6) is 0 Å². The fourth-order valence-electron chi connectivity index (χ4n) is 2.87. The maximum absolute atomic E-state index is 8.35. The normalized spacial score (nSPS) is 38.6. The number of allylic oxidation sites excluding steroid dienone is 3. The molecule has 0 bridgehead atoms. The molecular formula is C14H22N2. The van der Waals surface area contributed by atoms with Crippen LogP contribution in [0.15, 0.2) is 24.3 Å². The molecule has 0 spiro atoms. The molecule has 16 heavy (non-hydrogen) atoms. The van der Waals surface area contributed by atoms with Crippen LogP contribution in [-0.2, 0) is 0 Å². The van der Waals surface area contributed by atoms with Gasteiger partial charge < -0.3 is 11.1 Å². The van der Waals surface area contributed by atoms with Crippen molar-refractivity contribution in [1.82, 2.24) is 0 Å². The molecule has 0 aromatic carbocycles. The van der Waals surface area contributed by atoms with Crippen LogP contribution in [0.25, 0.3) is 0 Å². The number of nitrogens with two attached hydrogens (primary N) is 1. The molecule has 2 rings (SSSR count). The van der Waals surface area contributed by atoms with Gasteiger partial charge in [0.25, 0.3) is 0 Å². The van der Waals surface area contributed by atoms with Crippen LogP contribution in [0.3, 0.4) is 0 Å². The molecule has 2 nitrogen and oxygen atoms in total. The Morgan fingerprint density at radius 3 is 2.81 bits per heavy atom. The lowest BCUT2D eigenvalue weighted by Crippen LogP contribution is -2.39. The van der Waals surface area contributed by atoms with E-state index in [2.05, 4.69) is 31.2 Å². The quantitative estimate of drug-likeness (QED) is 0.543. The van der Waals surface area contributed by atoms with Crippen molar-refractivity contribution >= 4 is 5.71 Å². The molecule has 3 N–H and O–H groups in total. The van der Waals surface area contributed by atoms with Gasteiger partial charge in [0.15, 0.2) is 0 Å². The molecule has 2 aliphatic carbocycles. The second kappa shape index (κ2) is 4.96. The number of hydrogen-bond donors (Lipinski definition) is 2. The van der Waals surface area contributed by atoms with Crippen LogP contribution < -0.4 is 5.73 Å². The summed E-state index contributed by atoms with van der Waals surface area (Å²) < 4.78 is 0. The van der Waals surface area contributed by atoms with Crippen molar-refractivity contribution in [2.24, 2.45) is 23.5 Å². The van der Waals surface area contributed by atoms with Crippen molar-refractivity contribution in [2.75, 3.05) is 0 Å². The van der Waals surface area contributed by atoms with Crippen LogP contribution >= 0.6 is 0 Å². The van der Waals surface area contributed by atoms with Gasteiger partial charge >= 0.3 is 0 Å². The topological polar surface area (TPSA) is 49.9 Å². The summed E-state index contributed by atoms with van der Waals surface area (Å²) in [4.78, 5) is 0. The van der Waals surface area contributed by atoms with Gasteiger partial charge in [-0.1, -0.05) is 31.2 Å². The number of nitrogens with one attached hydrogen (secondary N) is 1. The summed E-state index contributed by atoms with van der Waals surface area (Å²) in [6.07, 6.45) is 13.0. The zero-order valence-corrected chi connectivity index (χ0v) is 10.0. The van der Waals surface area contributed by atoms with Crippen LogP contribution in [0, 0.1) is 23.2 Å². The third-order valence-corrected chi connectivity index (χ3v) is 3.85. The first kappa shape index (κ1) is 11.6. The molecule has 2 aliphatic rings. The van der Waals surface area contributed by atoms with Gasteiger partial charge in [-0.05, 0) is 31.6 Å². The van der Waals surface area contributed by atoms with E-state index in [4.69, 9.17) is 11.1 Å². The standard InChI is InChI=1S/C14H22N2/c1-10-5-4-6-11(9-10)14(16)12-7-2-3-8-13(12)15/h3-5,8,10-13,16H,2,6-7,9,15H2,1H3. The van der Waals surface area contributed by atoms with Crippen molar-refractivity contribution in [3.8, 4) is 0 Å². The van der Waals surface area contributed by atoms with E-state index in [0.717, 1.165) is 31.4 Å². The Kier molecular flexibility index (Phi) is 3.59. The lowest BCUT2D eigenvalue weighted by molar-refractivity contribution is 0.459. The van der Waals surface area contributed by atoms with Gasteiger partial charge in [-0.2, -0.15) is 0 Å². The van der Waals surface area contributed by atoms with Gasteiger partial charge in [0, 0.05) is 23.6 Å². The van der Waals surface area contributed by atoms with Gasteiger partial charge in [-0.25, -0.2) is 0 Å². The molecule has 4 atom stereocenters. The first-order valence-corrected chi connectivity index (χ1v) is 6.35. The highest BCUT2D eigenvalue weighted by Gasteiger charge is 2.29. The van der Waals surface area contributed by atoms with Crippen molar-refractivity contribution in [1.29, 1.82) is 5.41 Å². The smallest absolute Gasteiger partial charge is 0.0305 e. The highest BCUT2D eigenvalue weighted by atomic mass is 14.7. The third-order valence-electron chi connectivity index (χ3n) is 3.85. The molecule has 0 amide bonds.